The largest absolute Gasteiger partial charge is 0.159 e. The van der Waals surface area contributed by atoms with Crippen molar-refractivity contribution in [1.82, 2.24) is 10.2 Å². The Labute approximate surface area is 73.5 Å². The van der Waals surface area contributed by atoms with Gasteiger partial charge in [0.05, 0.1) is 5.69 Å². The molecule has 0 saturated carbocycles. The van der Waals surface area contributed by atoms with Crippen molar-refractivity contribution in [2.45, 2.75) is 26.2 Å². The zero-order valence-electron chi connectivity index (χ0n) is 7.03. The number of nitrogens with zero attached hydrogens (tertiary/aromatic N) is 2. The number of rotatable bonds is 0. The van der Waals surface area contributed by atoms with E-state index in [1.54, 1.807) is 6.20 Å². The van der Waals surface area contributed by atoms with Crippen LogP contribution < -0.4 is 0 Å². The Morgan fingerprint density at radius 1 is 1.27 bits per heavy atom. The molecule has 0 aliphatic rings. The average molecular weight is 173 g/mol. The Kier molecular flexibility index (Phi) is 3.46. The van der Waals surface area contributed by atoms with Gasteiger partial charge in [-0.15, -0.1) is 12.4 Å². The van der Waals surface area contributed by atoms with Gasteiger partial charge in [-0.2, -0.15) is 10.2 Å². The summed E-state index contributed by atoms with van der Waals surface area (Å²) in [5.74, 6) is 0. The van der Waals surface area contributed by atoms with Crippen molar-refractivity contribution in [3.8, 4) is 0 Å². The van der Waals surface area contributed by atoms with Gasteiger partial charge in [-0.05, 0) is 12.1 Å². The minimum Gasteiger partial charge on any atom is -0.159 e. The topological polar surface area (TPSA) is 25.8 Å². The first-order valence-electron chi connectivity index (χ1n) is 3.39. The fourth-order valence-electron chi connectivity index (χ4n) is 0.702. The average Bonchev–Trinajstić information content (AvgIpc) is 1.88. The quantitative estimate of drug-likeness (QED) is 0.600. The summed E-state index contributed by atoms with van der Waals surface area (Å²) >= 11 is 0. The highest BCUT2D eigenvalue weighted by molar-refractivity contribution is 5.85. The second kappa shape index (κ2) is 3.67. The van der Waals surface area contributed by atoms with E-state index in [9.17, 15) is 0 Å². The maximum atomic E-state index is 4.00. The van der Waals surface area contributed by atoms with Gasteiger partial charge in [0.2, 0.25) is 0 Å². The molecule has 0 fully saturated rings. The van der Waals surface area contributed by atoms with Crippen LogP contribution in [-0.4, -0.2) is 10.2 Å². The Morgan fingerprint density at radius 3 is 2.18 bits per heavy atom. The second-order valence-electron chi connectivity index (χ2n) is 3.36. The van der Waals surface area contributed by atoms with Gasteiger partial charge in [0.25, 0.3) is 0 Å². The van der Waals surface area contributed by atoms with Crippen LogP contribution in [0.1, 0.15) is 26.5 Å². The van der Waals surface area contributed by atoms with Crippen LogP contribution >= 0.6 is 12.4 Å². The van der Waals surface area contributed by atoms with Crippen LogP contribution in [0.3, 0.4) is 0 Å². The van der Waals surface area contributed by atoms with Crippen molar-refractivity contribution >= 4 is 12.4 Å². The predicted molar refractivity (Wildman–Crippen MR) is 48.0 cm³/mol. The van der Waals surface area contributed by atoms with Gasteiger partial charge in [-0.1, -0.05) is 20.8 Å². The van der Waals surface area contributed by atoms with Crippen LogP contribution in [0.25, 0.3) is 0 Å². The molecule has 62 valence electrons. The predicted octanol–water partition coefficient (Wildman–Crippen LogP) is 2.20. The van der Waals surface area contributed by atoms with Crippen LogP contribution in [0.5, 0.6) is 0 Å². The maximum Gasteiger partial charge on any atom is 0.0684 e. The smallest absolute Gasteiger partial charge is 0.0684 e. The highest BCUT2D eigenvalue weighted by Crippen LogP contribution is 2.17. The summed E-state index contributed by atoms with van der Waals surface area (Å²) in [7, 11) is 0. The van der Waals surface area contributed by atoms with Crippen LogP contribution in [0.2, 0.25) is 0 Å². The van der Waals surface area contributed by atoms with E-state index < -0.39 is 0 Å². The van der Waals surface area contributed by atoms with Crippen LogP contribution in [0, 0.1) is 0 Å². The number of hydrogen-bond donors (Lipinski definition) is 0. The fraction of sp³-hybridized carbons (Fsp3) is 0.500. The van der Waals surface area contributed by atoms with Gasteiger partial charge in [-0.3, -0.25) is 0 Å². The van der Waals surface area contributed by atoms with Crippen molar-refractivity contribution < 1.29 is 0 Å². The minimum absolute atomic E-state index is 0. The molecule has 0 spiro atoms. The molecule has 0 aromatic carbocycles. The third-order valence-electron chi connectivity index (χ3n) is 1.34. The SMILES string of the molecule is CC(C)(C)c1cccnn1.Cl. The van der Waals surface area contributed by atoms with Gasteiger partial charge in [0.15, 0.2) is 0 Å². The standard InChI is InChI=1S/C8H12N2.ClH/c1-8(2,3)7-5-4-6-9-10-7;/h4-6H,1-3H3;1H. The van der Waals surface area contributed by atoms with E-state index >= 15 is 0 Å². The van der Waals surface area contributed by atoms with Gasteiger partial charge in [0.1, 0.15) is 0 Å². The fourth-order valence-corrected chi connectivity index (χ4v) is 0.702. The molecule has 1 aromatic rings. The zero-order chi connectivity index (χ0) is 7.61. The molecule has 0 amide bonds. The van der Waals surface area contributed by atoms with Crippen molar-refractivity contribution in [2.75, 3.05) is 0 Å². The Hall–Kier alpha value is -0.630. The molecule has 1 aromatic heterocycles. The normalized spacial score (nSPS) is 10.5. The third-order valence-corrected chi connectivity index (χ3v) is 1.34. The summed E-state index contributed by atoms with van der Waals surface area (Å²) in [6.45, 7) is 6.37. The van der Waals surface area contributed by atoms with Crippen LogP contribution in [-0.2, 0) is 5.41 Å². The number of halogens is 1. The molecular formula is C8H13ClN2. The Balaban J connectivity index is 0.000001000. The Bertz CT molecular complexity index is 203. The van der Waals surface area contributed by atoms with E-state index in [1.165, 1.54) is 0 Å². The third kappa shape index (κ3) is 2.85. The van der Waals surface area contributed by atoms with Gasteiger partial charge < -0.3 is 0 Å². The monoisotopic (exact) mass is 172 g/mol. The first-order valence-corrected chi connectivity index (χ1v) is 3.39. The van der Waals surface area contributed by atoms with E-state index in [0.717, 1.165) is 5.69 Å². The lowest BCUT2D eigenvalue weighted by molar-refractivity contribution is 0.558. The van der Waals surface area contributed by atoms with E-state index in [2.05, 4.69) is 31.0 Å². The Morgan fingerprint density at radius 2 is 1.91 bits per heavy atom. The molecule has 0 radical (unpaired) electrons. The summed E-state index contributed by atoms with van der Waals surface area (Å²) in [5.41, 5.74) is 1.16. The molecule has 0 bridgehead atoms. The van der Waals surface area contributed by atoms with E-state index in [-0.39, 0.29) is 17.8 Å². The highest BCUT2D eigenvalue weighted by atomic mass is 35.5. The molecule has 0 saturated heterocycles. The lowest BCUT2D eigenvalue weighted by Gasteiger charge is -2.15. The summed E-state index contributed by atoms with van der Waals surface area (Å²) in [6.07, 6.45) is 1.69. The summed E-state index contributed by atoms with van der Waals surface area (Å²) in [5, 5.41) is 7.80. The number of aromatic nitrogens is 2. The van der Waals surface area contributed by atoms with E-state index in [4.69, 9.17) is 0 Å². The lowest BCUT2D eigenvalue weighted by atomic mass is 9.92. The second-order valence-corrected chi connectivity index (χ2v) is 3.36. The first kappa shape index (κ1) is 10.4. The highest BCUT2D eigenvalue weighted by Gasteiger charge is 2.14. The van der Waals surface area contributed by atoms with Gasteiger partial charge in [-0.25, -0.2) is 0 Å². The van der Waals surface area contributed by atoms with Crippen LogP contribution in [0.4, 0.5) is 0 Å². The molecular weight excluding hydrogens is 160 g/mol. The zero-order valence-corrected chi connectivity index (χ0v) is 7.85. The summed E-state index contributed by atoms with van der Waals surface area (Å²) in [4.78, 5) is 0. The van der Waals surface area contributed by atoms with Gasteiger partial charge in [0, 0.05) is 11.6 Å². The molecule has 0 aliphatic heterocycles. The lowest BCUT2D eigenvalue weighted by Crippen LogP contribution is -2.13. The molecule has 0 aliphatic carbocycles. The summed E-state index contributed by atoms with van der Waals surface area (Å²) < 4.78 is 0. The molecule has 11 heavy (non-hydrogen) atoms. The maximum absolute atomic E-state index is 4.00. The molecule has 3 heteroatoms. The number of hydrogen-bond acceptors (Lipinski definition) is 2. The molecule has 1 rings (SSSR count). The van der Waals surface area contributed by atoms with Crippen molar-refractivity contribution in [3.63, 3.8) is 0 Å². The van der Waals surface area contributed by atoms with Crippen molar-refractivity contribution in [3.05, 3.63) is 24.0 Å². The van der Waals surface area contributed by atoms with Gasteiger partial charge >= 0.3 is 0 Å². The van der Waals surface area contributed by atoms with Crippen molar-refractivity contribution in [1.29, 1.82) is 0 Å². The molecule has 1 heterocycles. The first-order chi connectivity index (χ1) is 4.61. The van der Waals surface area contributed by atoms with E-state index in [0.29, 0.717) is 0 Å². The summed E-state index contributed by atoms with van der Waals surface area (Å²) in [6, 6.07) is 3.90. The van der Waals surface area contributed by atoms with Crippen molar-refractivity contribution in [2.24, 2.45) is 0 Å². The molecule has 0 unspecified atom stereocenters. The molecule has 0 atom stereocenters. The molecule has 2 nitrogen and oxygen atoms in total. The van der Waals surface area contributed by atoms with E-state index in [1.807, 2.05) is 12.1 Å². The van der Waals surface area contributed by atoms with Crippen LogP contribution in [0.15, 0.2) is 18.3 Å². The molecule has 0 N–H and O–H groups in total. The minimum atomic E-state index is 0.